The molecule has 14 heavy (non-hydrogen) atoms. The molecule has 3 nitrogen and oxygen atoms in total. The van der Waals surface area contributed by atoms with Gasteiger partial charge < -0.3 is 11.0 Å². The smallest absolute Gasteiger partial charge is 0.0907 e. The van der Waals surface area contributed by atoms with Gasteiger partial charge >= 0.3 is 0 Å². The van der Waals surface area contributed by atoms with Gasteiger partial charge in [0.1, 0.15) is 0 Å². The minimum absolute atomic E-state index is 0. The number of aryl methyl sites for hydroxylation is 1. The number of halogens is 2. The molecule has 0 atom stereocenters. The third kappa shape index (κ3) is 3.77. The van der Waals surface area contributed by atoms with E-state index in [9.17, 15) is 0 Å². The van der Waals surface area contributed by atoms with Gasteiger partial charge in [-0.25, -0.2) is 4.98 Å². The highest BCUT2D eigenvalue weighted by atomic mass is 35.5. The largest absolute Gasteiger partial charge is 0.412 e. The number of rotatable bonds is 0. The third-order valence-electron chi connectivity index (χ3n) is 1.40. The highest BCUT2D eigenvalue weighted by Gasteiger charge is 1.95. The molecular formula is C8H13Cl2NO2S. The molecule has 82 valence electrons. The van der Waals surface area contributed by atoms with Gasteiger partial charge in [-0.3, -0.25) is 0 Å². The number of benzene rings is 1. The van der Waals surface area contributed by atoms with Crippen LogP contribution in [-0.4, -0.2) is 15.9 Å². The van der Waals surface area contributed by atoms with E-state index in [0.29, 0.717) is 0 Å². The Balaban J connectivity index is -0.000000302. The lowest BCUT2D eigenvalue weighted by atomic mass is 10.3. The zero-order valence-corrected chi connectivity index (χ0v) is 9.93. The molecule has 0 radical (unpaired) electrons. The molecule has 1 aromatic carbocycles. The van der Waals surface area contributed by atoms with Gasteiger partial charge in [0.05, 0.1) is 15.2 Å². The van der Waals surface area contributed by atoms with E-state index in [0.717, 1.165) is 10.5 Å². The van der Waals surface area contributed by atoms with Crippen molar-refractivity contribution in [1.29, 1.82) is 0 Å². The second-order valence-electron chi connectivity index (χ2n) is 2.20. The second-order valence-corrected chi connectivity index (χ2v) is 3.44. The zero-order valence-electron chi connectivity index (χ0n) is 7.48. The lowest BCUT2D eigenvalue weighted by Gasteiger charge is -1.80. The lowest BCUT2D eigenvalue weighted by Crippen LogP contribution is -1.65. The molecule has 0 aliphatic rings. The van der Waals surface area contributed by atoms with Crippen molar-refractivity contribution in [3.8, 4) is 0 Å². The summed E-state index contributed by atoms with van der Waals surface area (Å²) in [4.78, 5) is 4.33. The highest BCUT2D eigenvalue weighted by molar-refractivity contribution is 7.18. The van der Waals surface area contributed by atoms with Gasteiger partial charge in [-0.15, -0.1) is 36.2 Å². The van der Waals surface area contributed by atoms with Crippen molar-refractivity contribution in [2.75, 3.05) is 0 Å². The SMILES string of the molecule is Cc1nc2ccccc2s1.Cl.Cl.O.O. The van der Waals surface area contributed by atoms with Crippen LogP contribution in [0.5, 0.6) is 0 Å². The molecule has 1 aromatic heterocycles. The summed E-state index contributed by atoms with van der Waals surface area (Å²) >= 11 is 1.74. The maximum Gasteiger partial charge on any atom is 0.0907 e. The van der Waals surface area contributed by atoms with Gasteiger partial charge in [-0.05, 0) is 19.1 Å². The molecule has 0 saturated heterocycles. The Morgan fingerprint density at radius 1 is 1.07 bits per heavy atom. The molecule has 0 unspecified atom stereocenters. The minimum Gasteiger partial charge on any atom is -0.412 e. The summed E-state index contributed by atoms with van der Waals surface area (Å²) in [6.45, 7) is 2.03. The summed E-state index contributed by atoms with van der Waals surface area (Å²) in [5, 5.41) is 1.14. The Bertz CT molecular complexity index is 334. The fourth-order valence-corrected chi connectivity index (χ4v) is 1.81. The molecule has 0 saturated carbocycles. The summed E-state index contributed by atoms with van der Waals surface area (Å²) in [6.07, 6.45) is 0. The van der Waals surface area contributed by atoms with Crippen LogP contribution in [0.15, 0.2) is 24.3 Å². The van der Waals surface area contributed by atoms with Crippen LogP contribution in [0.4, 0.5) is 0 Å². The number of thiazole rings is 1. The van der Waals surface area contributed by atoms with Crippen LogP contribution in [0.25, 0.3) is 10.2 Å². The van der Waals surface area contributed by atoms with E-state index in [-0.39, 0.29) is 35.8 Å². The van der Waals surface area contributed by atoms with E-state index in [4.69, 9.17) is 0 Å². The molecule has 0 aliphatic carbocycles. The Hall–Kier alpha value is -0.390. The second kappa shape index (κ2) is 7.96. The van der Waals surface area contributed by atoms with Crippen LogP contribution >= 0.6 is 36.2 Å². The van der Waals surface area contributed by atoms with Gasteiger partial charge in [-0.2, -0.15) is 0 Å². The van der Waals surface area contributed by atoms with Crippen LogP contribution in [0.2, 0.25) is 0 Å². The standard InChI is InChI=1S/C8H7NS.2ClH.2H2O/c1-6-9-7-4-2-3-5-8(7)10-6;;;;/h2-5H,1H3;2*1H;2*1H2. The zero-order chi connectivity index (χ0) is 6.97. The molecule has 0 fully saturated rings. The number of para-hydroxylation sites is 1. The van der Waals surface area contributed by atoms with E-state index in [2.05, 4.69) is 11.1 Å². The number of hydrogen-bond acceptors (Lipinski definition) is 2. The summed E-state index contributed by atoms with van der Waals surface area (Å²) in [7, 11) is 0. The first-order valence-electron chi connectivity index (χ1n) is 3.18. The van der Waals surface area contributed by atoms with Crippen LogP contribution in [0, 0.1) is 6.92 Å². The van der Waals surface area contributed by atoms with E-state index in [1.807, 2.05) is 25.1 Å². The van der Waals surface area contributed by atoms with Crippen LogP contribution in [-0.2, 0) is 0 Å². The van der Waals surface area contributed by atoms with Crippen molar-refractivity contribution >= 4 is 46.4 Å². The Morgan fingerprint density at radius 3 is 2.21 bits per heavy atom. The molecule has 2 aromatic rings. The first kappa shape index (κ1) is 19.2. The average molecular weight is 258 g/mol. The molecule has 0 aliphatic heterocycles. The molecule has 2 rings (SSSR count). The fourth-order valence-electron chi connectivity index (χ4n) is 0.987. The Morgan fingerprint density at radius 2 is 1.64 bits per heavy atom. The normalized spacial score (nSPS) is 7.50. The molecule has 0 spiro atoms. The first-order valence-corrected chi connectivity index (χ1v) is 4.00. The number of hydrogen-bond donors (Lipinski definition) is 0. The van der Waals surface area contributed by atoms with Gasteiger partial charge in [0.15, 0.2) is 0 Å². The van der Waals surface area contributed by atoms with E-state index in [1.54, 1.807) is 11.3 Å². The van der Waals surface area contributed by atoms with Crippen molar-refractivity contribution in [3.05, 3.63) is 29.3 Å². The van der Waals surface area contributed by atoms with Crippen molar-refractivity contribution in [2.45, 2.75) is 6.92 Å². The predicted octanol–water partition coefficient (Wildman–Crippen LogP) is 1.80. The lowest BCUT2D eigenvalue weighted by molar-refractivity contribution is 0.823. The topological polar surface area (TPSA) is 75.9 Å². The third-order valence-corrected chi connectivity index (χ3v) is 2.35. The van der Waals surface area contributed by atoms with Gasteiger partial charge in [0.25, 0.3) is 0 Å². The van der Waals surface area contributed by atoms with Crippen LogP contribution in [0.3, 0.4) is 0 Å². The quantitative estimate of drug-likeness (QED) is 0.709. The average Bonchev–Trinajstić information content (AvgIpc) is 2.27. The van der Waals surface area contributed by atoms with E-state index in [1.165, 1.54) is 4.70 Å². The molecular weight excluding hydrogens is 245 g/mol. The molecule has 4 N–H and O–H groups in total. The highest BCUT2D eigenvalue weighted by Crippen LogP contribution is 2.19. The summed E-state index contributed by atoms with van der Waals surface area (Å²) < 4.78 is 1.28. The molecule has 0 amide bonds. The first-order chi connectivity index (χ1) is 4.86. The fraction of sp³-hybridized carbons (Fsp3) is 0.125. The maximum atomic E-state index is 4.33. The monoisotopic (exact) mass is 257 g/mol. The van der Waals surface area contributed by atoms with E-state index < -0.39 is 0 Å². The predicted molar refractivity (Wildman–Crippen MR) is 66.1 cm³/mol. The van der Waals surface area contributed by atoms with Crippen LogP contribution in [0.1, 0.15) is 5.01 Å². The maximum absolute atomic E-state index is 4.33. The Labute approximate surface area is 98.6 Å². The van der Waals surface area contributed by atoms with Gasteiger partial charge in [-0.1, -0.05) is 12.1 Å². The summed E-state index contributed by atoms with van der Waals surface area (Å²) in [5.74, 6) is 0. The van der Waals surface area contributed by atoms with Gasteiger partial charge in [0, 0.05) is 0 Å². The van der Waals surface area contributed by atoms with Crippen LogP contribution < -0.4 is 0 Å². The molecule has 6 heteroatoms. The van der Waals surface area contributed by atoms with Crippen molar-refractivity contribution in [2.24, 2.45) is 0 Å². The summed E-state index contributed by atoms with van der Waals surface area (Å²) in [5.41, 5.74) is 1.12. The van der Waals surface area contributed by atoms with Crippen molar-refractivity contribution < 1.29 is 11.0 Å². The van der Waals surface area contributed by atoms with Crippen molar-refractivity contribution in [3.63, 3.8) is 0 Å². The Kier molecular flexibility index (Phi) is 10.9. The molecule has 0 bridgehead atoms. The minimum atomic E-state index is 0. The number of fused-ring (bicyclic) bond motifs is 1. The number of nitrogens with zero attached hydrogens (tertiary/aromatic N) is 1. The summed E-state index contributed by atoms with van der Waals surface area (Å²) in [6, 6.07) is 8.19. The van der Waals surface area contributed by atoms with Crippen molar-refractivity contribution in [1.82, 2.24) is 4.98 Å². The number of aromatic nitrogens is 1. The molecule has 1 heterocycles. The van der Waals surface area contributed by atoms with E-state index >= 15 is 0 Å². The van der Waals surface area contributed by atoms with Gasteiger partial charge in [0.2, 0.25) is 0 Å².